The van der Waals surface area contributed by atoms with Crippen molar-refractivity contribution in [1.82, 2.24) is 0 Å². The number of carbonyl (C=O) groups excluding carboxylic acids is 2. The van der Waals surface area contributed by atoms with Gasteiger partial charge in [-0.1, -0.05) is 102 Å². The van der Waals surface area contributed by atoms with Gasteiger partial charge in [0, 0.05) is 11.8 Å². The van der Waals surface area contributed by atoms with Gasteiger partial charge in [0.15, 0.2) is 0 Å². The molecule has 240 valence electrons. The van der Waals surface area contributed by atoms with Crippen molar-refractivity contribution in [2.24, 2.45) is 0 Å². The highest BCUT2D eigenvalue weighted by Gasteiger charge is 2.39. The second kappa shape index (κ2) is 18.2. The lowest BCUT2D eigenvalue weighted by Gasteiger charge is -2.25. The number of ether oxygens (including phenoxy) is 1. The van der Waals surface area contributed by atoms with E-state index in [0.717, 1.165) is 64.2 Å². The molecule has 0 aliphatic carbocycles. The van der Waals surface area contributed by atoms with Crippen LogP contribution in [0.25, 0.3) is 0 Å². The summed E-state index contributed by atoms with van der Waals surface area (Å²) in [7, 11) is 0. The zero-order chi connectivity index (χ0) is 31.9. The van der Waals surface area contributed by atoms with Crippen LogP contribution in [0.2, 0.25) is 0 Å². The van der Waals surface area contributed by atoms with E-state index in [1.807, 2.05) is 0 Å². The Morgan fingerprint density at radius 2 is 0.907 bits per heavy atom. The van der Waals surface area contributed by atoms with E-state index in [1.54, 1.807) is 48.5 Å². The molecule has 0 spiro atoms. The third-order valence-electron chi connectivity index (χ3n) is 7.86. The maximum atomic E-state index is 12.9. The van der Waals surface area contributed by atoms with Crippen molar-refractivity contribution in [3.63, 3.8) is 0 Å². The first-order valence-corrected chi connectivity index (χ1v) is 15.6. The molecule has 2 unspecified atom stereocenters. The van der Waals surface area contributed by atoms with Gasteiger partial charge in [0.05, 0.1) is 0 Å². The molecular weight excluding hydrogens is 552 g/mol. The molecule has 2 rings (SSSR count). The largest absolute Gasteiger partial charge is 0.457 e. The molecule has 0 bridgehead atoms. The lowest BCUT2D eigenvalue weighted by Crippen LogP contribution is -2.45. The zero-order valence-electron chi connectivity index (χ0n) is 25.6. The smallest absolute Gasteiger partial charge is 0.248 e. The summed E-state index contributed by atoms with van der Waals surface area (Å²) in [6.07, 6.45) is 10.6. The molecule has 43 heavy (non-hydrogen) atoms. The van der Waals surface area contributed by atoms with E-state index in [0.29, 0.717) is 35.5 Å². The highest BCUT2D eigenvalue weighted by Crippen LogP contribution is 2.32. The monoisotopic (exact) mass is 602 g/mol. The van der Waals surface area contributed by atoms with Gasteiger partial charge in [0.1, 0.15) is 24.7 Å². The molecule has 0 saturated carbocycles. The van der Waals surface area contributed by atoms with E-state index < -0.39 is 48.2 Å². The number of aliphatic hydroxyl groups excluding tert-OH is 2. The van der Waals surface area contributed by atoms with Crippen molar-refractivity contribution in [3.8, 4) is 11.5 Å². The van der Waals surface area contributed by atoms with Crippen molar-refractivity contribution in [3.05, 3.63) is 59.7 Å². The second-order valence-corrected chi connectivity index (χ2v) is 11.4. The van der Waals surface area contributed by atoms with Crippen LogP contribution in [0.15, 0.2) is 48.5 Å². The molecule has 6 N–H and O–H groups in total. The van der Waals surface area contributed by atoms with Crippen LogP contribution in [0.4, 0.5) is 0 Å². The van der Waals surface area contributed by atoms with E-state index in [2.05, 4.69) is 13.8 Å². The van der Waals surface area contributed by atoms with E-state index >= 15 is 0 Å². The van der Waals surface area contributed by atoms with Gasteiger partial charge in [-0.15, -0.1) is 0 Å². The minimum atomic E-state index is -2.82. The molecule has 2 aromatic rings. The van der Waals surface area contributed by atoms with Crippen LogP contribution in [0.5, 0.6) is 11.5 Å². The predicted octanol–water partition coefficient (Wildman–Crippen LogP) is 4.85. The summed E-state index contributed by atoms with van der Waals surface area (Å²) in [6, 6.07) is 13.5. The van der Waals surface area contributed by atoms with E-state index in [-0.39, 0.29) is 0 Å². The number of hydrogen-bond acceptors (Lipinski definition) is 9. The molecule has 9 nitrogen and oxygen atoms in total. The van der Waals surface area contributed by atoms with Crippen LogP contribution in [0.1, 0.15) is 114 Å². The summed E-state index contributed by atoms with van der Waals surface area (Å²) < 4.78 is 5.95. The summed E-state index contributed by atoms with van der Waals surface area (Å²) in [5.41, 5.74) is 1.18. The van der Waals surface area contributed by atoms with Crippen LogP contribution in [0, 0.1) is 0 Å². The quantitative estimate of drug-likeness (QED) is 0.0816. The Morgan fingerprint density at radius 1 is 0.581 bits per heavy atom. The van der Waals surface area contributed by atoms with Crippen LogP contribution >= 0.6 is 0 Å². The van der Waals surface area contributed by atoms with Gasteiger partial charge in [-0.05, 0) is 48.2 Å². The fraction of sp³-hybridized carbons (Fsp3) is 0.588. The summed E-state index contributed by atoms with van der Waals surface area (Å²) >= 11 is 0. The van der Waals surface area contributed by atoms with Crippen LogP contribution in [0.3, 0.4) is 0 Å². The molecule has 0 radical (unpaired) electrons. The summed E-state index contributed by atoms with van der Waals surface area (Å²) in [5.74, 6) is -7.97. The molecule has 0 aromatic heterocycles. The minimum Gasteiger partial charge on any atom is -0.457 e. The zero-order valence-corrected chi connectivity index (χ0v) is 25.6. The van der Waals surface area contributed by atoms with E-state index in [4.69, 9.17) is 4.74 Å². The highest BCUT2D eigenvalue weighted by atomic mass is 16.5. The summed E-state index contributed by atoms with van der Waals surface area (Å²) in [5, 5.41) is 58.7. The number of benzene rings is 2. The number of unbranched alkanes of at least 4 members (excludes halogenated alkanes) is 8. The standard InChI is InChI=1S/C34H50O9/c1-3-5-7-9-11-13-29(31(37)33(39,40)23-35)25-15-19-27(20-16-25)43-28-21-17-26(18-22-28)30(14-12-10-8-6-4-2)32(38)34(41,42)24-36/h15-22,29-30,35-36,39-42H,3-14,23-24H2,1-2H3. The van der Waals surface area contributed by atoms with Gasteiger partial charge in [-0.2, -0.15) is 0 Å². The lowest BCUT2D eigenvalue weighted by atomic mass is 9.85. The van der Waals surface area contributed by atoms with Crippen molar-refractivity contribution >= 4 is 11.6 Å². The Kier molecular flexibility index (Phi) is 15.5. The maximum absolute atomic E-state index is 12.9. The van der Waals surface area contributed by atoms with Crippen molar-refractivity contribution in [1.29, 1.82) is 0 Å². The number of ketones is 2. The third kappa shape index (κ3) is 11.4. The Bertz CT molecular complexity index is 1010. The maximum Gasteiger partial charge on any atom is 0.248 e. The summed E-state index contributed by atoms with van der Waals surface area (Å²) in [6.45, 7) is 2.05. The minimum absolute atomic E-state index is 0.421. The number of rotatable bonds is 22. The van der Waals surface area contributed by atoms with Crippen LogP contribution in [-0.2, 0) is 9.59 Å². The van der Waals surface area contributed by atoms with Gasteiger partial charge in [0.2, 0.25) is 23.1 Å². The fourth-order valence-electron chi connectivity index (χ4n) is 5.19. The molecule has 0 aliphatic heterocycles. The number of carbonyl (C=O) groups is 2. The number of hydrogen-bond donors (Lipinski definition) is 6. The Balaban J connectivity index is 2.16. The Labute approximate surface area is 255 Å². The molecular formula is C34H50O9. The average Bonchev–Trinajstić information content (AvgIpc) is 3.01. The molecule has 0 fully saturated rings. The van der Waals surface area contributed by atoms with E-state index in [9.17, 15) is 40.2 Å². The second-order valence-electron chi connectivity index (χ2n) is 11.4. The van der Waals surface area contributed by atoms with Gasteiger partial charge >= 0.3 is 0 Å². The van der Waals surface area contributed by atoms with Gasteiger partial charge in [-0.25, -0.2) is 0 Å². The van der Waals surface area contributed by atoms with Gasteiger partial charge in [-0.3, -0.25) is 9.59 Å². The van der Waals surface area contributed by atoms with Crippen molar-refractivity contribution in [2.45, 2.75) is 114 Å². The lowest BCUT2D eigenvalue weighted by molar-refractivity contribution is -0.197. The van der Waals surface area contributed by atoms with Gasteiger partial charge in [0.25, 0.3) is 0 Å². The molecule has 2 atom stereocenters. The normalized spacial score (nSPS) is 13.5. The number of aliphatic hydroxyl groups is 6. The summed E-state index contributed by atoms with van der Waals surface area (Å²) in [4.78, 5) is 25.7. The van der Waals surface area contributed by atoms with E-state index in [1.165, 1.54) is 0 Å². The first kappa shape index (κ1) is 36.5. The molecule has 0 aliphatic rings. The molecule has 0 saturated heterocycles. The molecule has 9 heteroatoms. The molecule has 0 heterocycles. The fourth-order valence-corrected chi connectivity index (χ4v) is 5.19. The topological polar surface area (TPSA) is 165 Å². The van der Waals surface area contributed by atoms with Crippen molar-refractivity contribution in [2.75, 3.05) is 13.2 Å². The Hall–Kier alpha value is -2.66. The molecule has 0 amide bonds. The van der Waals surface area contributed by atoms with Crippen LogP contribution in [-0.4, -0.2) is 67.0 Å². The van der Waals surface area contributed by atoms with Crippen LogP contribution < -0.4 is 4.74 Å². The predicted molar refractivity (Wildman–Crippen MR) is 164 cm³/mol. The van der Waals surface area contributed by atoms with Gasteiger partial charge < -0.3 is 35.4 Å². The first-order chi connectivity index (χ1) is 20.5. The number of Topliss-reactive ketones (excluding diaryl/α,β-unsaturated/α-hetero) is 2. The van der Waals surface area contributed by atoms with Crippen molar-refractivity contribution < 1.29 is 45.0 Å². The molecule has 2 aromatic carbocycles. The third-order valence-corrected chi connectivity index (χ3v) is 7.86. The highest BCUT2D eigenvalue weighted by molar-refractivity contribution is 5.92. The Morgan fingerprint density at radius 3 is 1.21 bits per heavy atom. The average molecular weight is 603 g/mol. The first-order valence-electron chi connectivity index (χ1n) is 15.6. The SMILES string of the molecule is CCCCCCCC(C(=O)C(O)(O)CO)c1ccc(Oc2ccc(C(CCCCCCC)C(=O)C(O)(O)CO)cc2)cc1.